The van der Waals surface area contributed by atoms with Gasteiger partial charge >= 0.3 is 11.8 Å². The molecule has 1 aromatic carbocycles. The maximum atomic E-state index is 13.7. The van der Waals surface area contributed by atoms with E-state index in [2.05, 4.69) is 59.5 Å². The molecule has 5 heterocycles. The van der Waals surface area contributed by atoms with E-state index in [1.807, 2.05) is 0 Å². The van der Waals surface area contributed by atoms with Gasteiger partial charge in [0.25, 0.3) is 0 Å². The Kier molecular flexibility index (Phi) is 8.01. The minimum Gasteiger partial charge on any atom is -0.356 e. The minimum atomic E-state index is -0.670. The standard InChI is InChI=1S/C30H37N7O3S/c1-19-7-9-24(20-8-10-25-22(14-20)33-26(41-25)11-12-35(2)3)36(18-19)30(39)29(38)34-23-17-31-15-21-16-32-37(28(21)23)27-6-4-5-13-40-27/h8,10,14-17,19,24,27H,4-7,9,11-13,18H2,1-3H3,(H,34,38)/t19-,24+,27+/m0/s1. The molecule has 0 bridgehead atoms. The number of anilines is 1. The number of benzene rings is 1. The molecule has 6 rings (SSSR count). The predicted molar refractivity (Wildman–Crippen MR) is 160 cm³/mol. The Labute approximate surface area is 243 Å². The maximum absolute atomic E-state index is 13.7. The van der Waals surface area contributed by atoms with Crippen molar-refractivity contribution < 1.29 is 14.3 Å². The largest absolute Gasteiger partial charge is 0.356 e. The molecule has 2 fully saturated rings. The highest BCUT2D eigenvalue weighted by Crippen LogP contribution is 2.36. The zero-order valence-corrected chi connectivity index (χ0v) is 24.7. The maximum Gasteiger partial charge on any atom is 0.314 e. The lowest BCUT2D eigenvalue weighted by atomic mass is 9.89. The van der Waals surface area contributed by atoms with E-state index in [1.54, 1.807) is 39.5 Å². The number of ether oxygens (including phenoxy) is 1. The van der Waals surface area contributed by atoms with Gasteiger partial charge in [-0.15, -0.1) is 11.3 Å². The molecule has 3 aromatic heterocycles. The highest BCUT2D eigenvalue weighted by atomic mass is 32.1. The number of amides is 2. The van der Waals surface area contributed by atoms with Gasteiger partial charge in [-0.05, 0) is 69.8 Å². The molecular weight excluding hydrogens is 538 g/mol. The molecule has 2 saturated heterocycles. The average molecular weight is 576 g/mol. The van der Waals surface area contributed by atoms with Crippen LogP contribution in [0.5, 0.6) is 0 Å². The number of carbonyl (C=O) groups is 2. The molecule has 10 nitrogen and oxygen atoms in total. The van der Waals surface area contributed by atoms with Crippen LogP contribution in [-0.4, -0.2) is 75.2 Å². The van der Waals surface area contributed by atoms with Crippen molar-refractivity contribution in [1.82, 2.24) is 29.5 Å². The molecule has 4 aromatic rings. The number of pyridine rings is 1. The first-order valence-electron chi connectivity index (χ1n) is 14.5. The van der Waals surface area contributed by atoms with Crippen LogP contribution in [0.15, 0.2) is 36.8 Å². The Balaban J connectivity index is 1.24. The molecule has 0 spiro atoms. The van der Waals surface area contributed by atoms with Crippen LogP contribution in [0.3, 0.4) is 0 Å². The van der Waals surface area contributed by atoms with Crippen LogP contribution >= 0.6 is 11.3 Å². The van der Waals surface area contributed by atoms with E-state index in [-0.39, 0.29) is 12.3 Å². The molecule has 0 aliphatic carbocycles. The molecular formula is C30H37N7O3S. The lowest BCUT2D eigenvalue weighted by molar-refractivity contribution is -0.146. The Morgan fingerprint density at radius 3 is 2.83 bits per heavy atom. The minimum absolute atomic E-state index is 0.184. The predicted octanol–water partition coefficient (Wildman–Crippen LogP) is 4.78. The van der Waals surface area contributed by atoms with Gasteiger partial charge < -0.3 is 19.9 Å². The Morgan fingerprint density at radius 2 is 2.02 bits per heavy atom. The zero-order chi connectivity index (χ0) is 28.5. The molecule has 2 aliphatic rings. The summed E-state index contributed by atoms with van der Waals surface area (Å²) in [4.78, 5) is 40.3. The smallest absolute Gasteiger partial charge is 0.314 e. The second-order valence-corrected chi connectivity index (χ2v) is 12.6. The number of nitrogens with zero attached hydrogens (tertiary/aromatic N) is 6. The highest BCUT2D eigenvalue weighted by Gasteiger charge is 2.35. The lowest BCUT2D eigenvalue weighted by Crippen LogP contribution is -2.46. The normalized spacial score (nSPS) is 21.6. The van der Waals surface area contributed by atoms with E-state index < -0.39 is 11.8 Å². The van der Waals surface area contributed by atoms with Crippen molar-refractivity contribution in [3.63, 3.8) is 0 Å². The summed E-state index contributed by atoms with van der Waals surface area (Å²) in [6.07, 6.45) is 10.4. The number of likely N-dealkylation sites (N-methyl/N-ethyl adjacent to an activating group) is 1. The van der Waals surface area contributed by atoms with Crippen LogP contribution in [0, 0.1) is 5.92 Å². The fourth-order valence-electron chi connectivity index (χ4n) is 5.88. The number of fused-ring (bicyclic) bond motifs is 2. The molecule has 0 saturated carbocycles. The molecule has 1 N–H and O–H groups in total. The Bertz CT molecular complexity index is 1560. The number of aromatic nitrogens is 4. The summed E-state index contributed by atoms with van der Waals surface area (Å²) >= 11 is 1.72. The topological polar surface area (TPSA) is 105 Å². The Hall–Kier alpha value is -3.41. The first-order chi connectivity index (χ1) is 19.9. The van der Waals surface area contributed by atoms with Crippen LogP contribution in [0.25, 0.3) is 21.1 Å². The quantitative estimate of drug-likeness (QED) is 0.330. The van der Waals surface area contributed by atoms with Gasteiger partial charge in [-0.2, -0.15) is 5.10 Å². The monoisotopic (exact) mass is 575 g/mol. The van der Waals surface area contributed by atoms with Gasteiger partial charge in [0.1, 0.15) is 0 Å². The lowest BCUT2D eigenvalue weighted by Gasteiger charge is -2.38. The van der Waals surface area contributed by atoms with Crippen LogP contribution in [0.4, 0.5) is 5.69 Å². The second kappa shape index (κ2) is 11.8. The number of thiazole rings is 1. The molecule has 216 valence electrons. The van der Waals surface area contributed by atoms with Gasteiger partial charge in [0.05, 0.1) is 44.9 Å². The van der Waals surface area contributed by atoms with Crippen molar-refractivity contribution in [3.8, 4) is 0 Å². The van der Waals surface area contributed by atoms with Gasteiger partial charge in [-0.25, -0.2) is 9.67 Å². The van der Waals surface area contributed by atoms with Crippen molar-refractivity contribution in [1.29, 1.82) is 0 Å². The second-order valence-electron chi connectivity index (χ2n) is 11.5. The summed E-state index contributed by atoms with van der Waals surface area (Å²) in [6, 6.07) is 6.10. The number of carbonyl (C=O) groups excluding carboxylic acids is 2. The van der Waals surface area contributed by atoms with Crippen molar-refractivity contribution >= 4 is 50.0 Å². The van der Waals surface area contributed by atoms with E-state index in [0.717, 1.165) is 76.8 Å². The Morgan fingerprint density at radius 1 is 1.15 bits per heavy atom. The van der Waals surface area contributed by atoms with Gasteiger partial charge in [-0.1, -0.05) is 13.0 Å². The van der Waals surface area contributed by atoms with Crippen LogP contribution in [0.2, 0.25) is 0 Å². The summed E-state index contributed by atoms with van der Waals surface area (Å²) in [5.41, 5.74) is 3.15. The average Bonchev–Trinajstić information content (AvgIpc) is 3.60. The van der Waals surface area contributed by atoms with Gasteiger partial charge in [-0.3, -0.25) is 14.6 Å². The van der Waals surface area contributed by atoms with Gasteiger partial charge in [0, 0.05) is 37.7 Å². The van der Waals surface area contributed by atoms with Crippen molar-refractivity contribution in [2.45, 2.75) is 57.7 Å². The summed E-state index contributed by atoms with van der Waals surface area (Å²) in [6.45, 7) is 4.27. The van der Waals surface area contributed by atoms with E-state index in [0.29, 0.717) is 24.8 Å². The first-order valence-corrected chi connectivity index (χ1v) is 15.3. The first kappa shape index (κ1) is 27.7. The molecule has 3 atom stereocenters. The molecule has 0 unspecified atom stereocenters. The summed E-state index contributed by atoms with van der Waals surface area (Å²) in [7, 11) is 4.13. The fourth-order valence-corrected chi connectivity index (χ4v) is 6.82. The number of hydrogen-bond acceptors (Lipinski definition) is 8. The highest BCUT2D eigenvalue weighted by molar-refractivity contribution is 7.18. The molecule has 11 heteroatoms. The van der Waals surface area contributed by atoms with Crippen molar-refractivity contribution in [2.75, 3.05) is 39.1 Å². The molecule has 41 heavy (non-hydrogen) atoms. The van der Waals surface area contributed by atoms with Crippen LogP contribution < -0.4 is 5.32 Å². The van der Waals surface area contributed by atoms with Crippen molar-refractivity contribution in [2.24, 2.45) is 5.92 Å². The third kappa shape index (κ3) is 5.84. The zero-order valence-electron chi connectivity index (χ0n) is 23.9. The molecule has 2 amide bonds. The van der Waals surface area contributed by atoms with Crippen molar-refractivity contribution in [3.05, 3.63) is 47.4 Å². The summed E-state index contributed by atoms with van der Waals surface area (Å²) < 4.78 is 8.89. The SMILES string of the molecule is C[C@H]1CC[C@H](c2ccc3sc(CCN(C)C)nc3c2)N(C(=O)C(=O)Nc2cncc3cnn([C@H]4CCCCO4)c23)C1. The number of likely N-dealkylation sites (tertiary alicyclic amines) is 1. The van der Waals surface area contributed by atoms with E-state index >= 15 is 0 Å². The third-order valence-electron chi connectivity index (χ3n) is 8.06. The van der Waals surface area contributed by atoms with E-state index in [1.165, 1.54) is 0 Å². The molecule has 2 aliphatic heterocycles. The van der Waals surface area contributed by atoms with Gasteiger partial charge in [0.2, 0.25) is 0 Å². The summed E-state index contributed by atoms with van der Waals surface area (Å²) in [5, 5.41) is 9.29. The third-order valence-corrected chi connectivity index (χ3v) is 9.16. The fraction of sp³-hybridized carbons (Fsp3) is 0.500. The number of hydrogen-bond donors (Lipinski definition) is 1. The van der Waals surface area contributed by atoms with E-state index in [9.17, 15) is 9.59 Å². The van der Waals surface area contributed by atoms with E-state index in [4.69, 9.17) is 9.72 Å². The number of rotatable bonds is 6. The van der Waals surface area contributed by atoms with Gasteiger partial charge in [0.15, 0.2) is 6.23 Å². The van der Waals surface area contributed by atoms with Crippen LogP contribution in [0.1, 0.15) is 61.9 Å². The van der Waals surface area contributed by atoms with Crippen LogP contribution in [-0.2, 0) is 20.7 Å². The summed E-state index contributed by atoms with van der Waals surface area (Å²) in [5.74, 6) is -0.904. The number of piperidine rings is 1. The number of nitrogens with one attached hydrogen (secondary N) is 1. The molecule has 0 radical (unpaired) electrons.